The molecule has 5 heterocycles. The first-order valence-corrected chi connectivity index (χ1v) is 15.9. The van der Waals surface area contributed by atoms with E-state index < -0.39 is 5.60 Å². The topological polar surface area (TPSA) is 110 Å². The Labute approximate surface area is 258 Å². The van der Waals surface area contributed by atoms with Crippen LogP contribution >= 0.6 is 11.3 Å². The maximum absolute atomic E-state index is 13.6. The van der Waals surface area contributed by atoms with Gasteiger partial charge in [0.05, 0.1) is 16.9 Å². The van der Waals surface area contributed by atoms with Gasteiger partial charge in [0.25, 0.3) is 5.91 Å². The molecule has 44 heavy (non-hydrogen) atoms. The molecule has 10 nitrogen and oxygen atoms in total. The summed E-state index contributed by atoms with van der Waals surface area (Å²) in [6.07, 6.45) is 2.83. The van der Waals surface area contributed by atoms with Crippen LogP contribution in [0.4, 0.5) is 20.9 Å². The Bertz CT molecular complexity index is 1760. The maximum atomic E-state index is 13.6. The van der Waals surface area contributed by atoms with E-state index in [1.807, 2.05) is 23.4 Å². The molecule has 7 rings (SSSR count). The van der Waals surface area contributed by atoms with Gasteiger partial charge in [-0.15, -0.1) is 0 Å². The number of anilines is 3. The van der Waals surface area contributed by atoms with Crippen LogP contribution in [0.3, 0.4) is 0 Å². The van der Waals surface area contributed by atoms with Gasteiger partial charge in [0.2, 0.25) is 0 Å². The Morgan fingerprint density at radius 2 is 1.86 bits per heavy atom. The number of ether oxygens (including phenoxy) is 1. The number of halogens is 1. The number of amides is 1. The van der Waals surface area contributed by atoms with Gasteiger partial charge in [0, 0.05) is 82.1 Å². The van der Waals surface area contributed by atoms with Crippen LogP contribution in [0.1, 0.15) is 47.9 Å². The Morgan fingerprint density at radius 1 is 1.16 bits per heavy atom. The first kappa shape index (κ1) is 28.7. The van der Waals surface area contributed by atoms with Gasteiger partial charge in [0.1, 0.15) is 28.1 Å². The summed E-state index contributed by atoms with van der Waals surface area (Å²) < 4.78 is 20.9. The molecular weight excluding hydrogens is 581 g/mol. The molecule has 4 aromatic rings. The third-order valence-corrected chi connectivity index (χ3v) is 10.0. The highest BCUT2D eigenvalue weighted by Crippen LogP contribution is 2.48. The van der Waals surface area contributed by atoms with Crippen molar-refractivity contribution in [1.82, 2.24) is 19.5 Å². The second kappa shape index (κ2) is 11.1. The number of carbonyl (C=O) groups is 1. The Kier molecular flexibility index (Phi) is 7.27. The standard InChI is InChI=1S/C32H34FN7O3S/c1-20-17-24(38-11-13-39(14-12-38)30(41)32(42)9-15-43-16-10-32)18-25-29(28(22-3-4-22)36-40(20)25)37(2)31-35-27(26(19-34)44-31)21-5-7-23(33)8-6-21/h5-8,17-18,22,42H,3-4,9-16H2,1-2H3. The number of hydrogen-bond acceptors (Lipinski definition) is 9. The number of pyridine rings is 1. The van der Waals surface area contributed by atoms with Crippen molar-refractivity contribution in [3.63, 3.8) is 0 Å². The van der Waals surface area contributed by atoms with Gasteiger partial charge in [-0.3, -0.25) is 4.79 Å². The van der Waals surface area contributed by atoms with Gasteiger partial charge >= 0.3 is 0 Å². The van der Waals surface area contributed by atoms with Crippen LogP contribution in [0.15, 0.2) is 36.4 Å². The van der Waals surface area contributed by atoms with E-state index in [1.165, 1.54) is 23.5 Å². The number of aliphatic hydroxyl groups is 1. The quantitative estimate of drug-likeness (QED) is 0.335. The van der Waals surface area contributed by atoms with Gasteiger partial charge in [-0.25, -0.2) is 13.9 Å². The lowest BCUT2D eigenvalue weighted by Gasteiger charge is -2.41. The zero-order valence-corrected chi connectivity index (χ0v) is 25.6. The minimum Gasteiger partial charge on any atom is -0.381 e. The van der Waals surface area contributed by atoms with Crippen LogP contribution in [-0.4, -0.2) is 82.6 Å². The van der Waals surface area contributed by atoms with Crippen molar-refractivity contribution >= 4 is 39.3 Å². The molecule has 1 aliphatic carbocycles. The molecule has 12 heteroatoms. The third-order valence-electron chi connectivity index (χ3n) is 8.97. The number of nitrogens with zero attached hydrogens (tertiary/aromatic N) is 7. The average Bonchev–Trinajstić information content (AvgIpc) is 3.67. The highest BCUT2D eigenvalue weighted by atomic mass is 32.1. The first-order chi connectivity index (χ1) is 21.3. The van der Waals surface area contributed by atoms with E-state index >= 15 is 0 Å². The normalized spacial score (nSPS) is 18.4. The number of carbonyl (C=O) groups excluding carboxylic acids is 1. The van der Waals surface area contributed by atoms with Crippen molar-refractivity contribution in [2.45, 2.75) is 44.1 Å². The maximum Gasteiger partial charge on any atom is 0.254 e. The SMILES string of the molecule is Cc1cc(N2CCN(C(=O)C3(O)CCOCC3)CC2)cc2c(N(C)c3nc(-c4ccc(F)cc4)c(C#N)s3)c(C3CC3)nn12. The summed E-state index contributed by atoms with van der Waals surface area (Å²) in [7, 11) is 1.96. The van der Waals surface area contributed by atoms with E-state index in [1.54, 1.807) is 17.0 Å². The summed E-state index contributed by atoms with van der Waals surface area (Å²) in [5.41, 5.74) is 4.90. The van der Waals surface area contributed by atoms with Crippen LogP contribution in [-0.2, 0) is 9.53 Å². The largest absolute Gasteiger partial charge is 0.381 e. The number of nitriles is 1. The molecule has 0 bridgehead atoms. The predicted octanol–water partition coefficient (Wildman–Crippen LogP) is 4.61. The number of hydrogen-bond donors (Lipinski definition) is 1. The number of aromatic nitrogens is 3. The number of thiazole rings is 1. The van der Waals surface area contributed by atoms with Crippen molar-refractivity contribution in [3.8, 4) is 17.3 Å². The highest BCUT2D eigenvalue weighted by molar-refractivity contribution is 7.16. The lowest BCUT2D eigenvalue weighted by molar-refractivity contribution is -0.161. The van der Waals surface area contributed by atoms with Crippen LogP contribution in [0.5, 0.6) is 0 Å². The van der Waals surface area contributed by atoms with Crippen LogP contribution in [0, 0.1) is 24.1 Å². The molecule has 3 aromatic heterocycles. The zero-order chi connectivity index (χ0) is 30.6. The molecule has 0 unspecified atom stereocenters. The zero-order valence-electron chi connectivity index (χ0n) is 24.8. The molecule has 0 atom stereocenters. The fourth-order valence-corrected chi connectivity index (χ4v) is 7.12. The highest BCUT2D eigenvalue weighted by Gasteiger charge is 2.41. The molecule has 3 fully saturated rings. The van der Waals surface area contributed by atoms with E-state index in [0.717, 1.165) is 41.1 Å². The van der Waals surface area contributed by atoms with Gasteiger partial charge in [-0.2, -0.15) is 10.4 Å². The predicted molar refractivity (Wildman–Crippen MR) is 166 cm³/mol. The number of aryl methyl sites for hydroxylation is 1. The van der Waals surface area contributed by atoms with E-state index in [0.29, 0.717) is 79.4 Å². The second-order valence-corrected chi connectivity index (χ2v) is 12.9. The molecule has 0 radical (unpaired) electrons. The molecule has 2 saturated heterocycles. The molecule has 1 amide bonds. The summed E-state index contributed by atoms with van der Waals surface area (Å²) in [6.45, 7) is 5.23. The number of fused-ring (bicyclic) bond motifs is 1. The molecule has 1 aromatic carbocycles. The lowest BCUT2D eigenvalue weighted by Crippen LogP contribution is -2.57. The monoisotopic (exact) mass is 615 g/mol. The van der Waals surface area contributed by atoms with Crippen LogP contribution < -0.4 is 9.80 Å². The Morgan fingerprint density at radius 3 is 2.52 bits per heavy atom. The first-order valence-electron chi connectivity index (χ1n) is 15.0. The van der Waals surface area contributed by atoms with Gasteiger partial charge in [-0.05, 0) is 56.2 Å². The second-order valence-electron chi connectivity index (χ2n) is 11.9. The summed E-state index contributed by atoms with van der Waals surface area (Å²) in [4.78, 5) is 24.6. The summed E-state index contributed by atoms with van der Waals surface area (Å²) in [5.74, 6) is -0.162. The number of rotatable bonds is 6. The number of benzene rings is 1. The summed E-state index contributed by atoms with van der Waals surface area (Å²) in [5, 5.41) is 26.6. The van der Waals surface area contributed by atoms with Crippen LogP contribution in [0.25, 0.3) is 16.8 Å². The molecule has 0 spiro atoms. The van der Waals surface area contributed by atoms with Crippen molar-refractivity contribution < 1.29 is 19.0 Å². The smallest absolute Gasteiger partial charge is 0.254 e. The minimum atomic E-state index is -1.33. The fourth-order valence-electron chi connectivity index (χ4n) is 6.27. The van der Waals surface area contributed by atoms with E-state index in [4.69, 9.17) is 14.8 Å². The van der Waals surface area contributed by atoms with Crippen molar-refractivity contribution in [3.05, 3.63) is 58.5 Å². The lowest BCUT2D eigenvalue weighted by atomic mass is 9.92. The minimum absolute atomic E-state index is 0.193. The molecule has 1 saturated carbocycles. The van der Waals surface area contributed by atoms with Crippen LogP contribution in [0.2, 0.25) is 0 Å². The molecule has 1 N–H and O–H groups in total. The summed E-state index contributed by atoms with van der Waals surface area (Å²) in [6, 6.07) is 12.6. The number of piperazine rings is 1. The van der Waals surface area contributed by atoms with Crippen molar-refractivity contribution in [2.24, 2.45) is 0 Å². The molecule has 228 valence electrons. The van der Waals surface area contributed by atoms with E-state index in [2.05, 4.69) is 23.1 Å². The van der Waals surface area contributed by atoms with E-state index in [-0.39, 0.29) is 11.7 Å². The molecule has 2 aliphatic heterocycles. The Hall–Kier alpha value is -4.05. The molecule has 3 aliphatic rings. The van der Waals surface area contributed by atoms with Gasteiger partial charge in [-0.1, -0.05) is 11.3 Å². The summed E-state index contributed by atoms with van der Waals surface area (Å²) >= 11 is 1.31. The Balaban J connectivity index is 1.20. The average molecular weight is 616 g/mol. The van der Waals surface area contributed by atoms with E-state index in [9.17, 15) is 19.6 Å². The molecular formula is C32H34FN7O3S. The fraction of sp³-hybridized carbons (Fsp3) is 0.438. The van der Waals surface area contributed by atoms with Gasteiger partial charge < -0.3 is 24.5 Å². The van der Waals surface area contributed by atoms with Crippen molar-refractivity contribution in [2.75, 3.05) is 56.2 Å². The van der Waals surface area contributed by atoms with Crippen molar-refractivity contribution in [1.29, 1.82) is 5.26 Å². The third kappa shape index (κ3) is 5.08. The van der Waals surface area contributed by atoms with Gasteiger partial charge in [0.15, 0.2) is 5.13 Å².